The van der Waals surface area contributed by atoms with Crippen molar-refractivity contribution >= 4 is 22.1 Å². The highest BCUT2D eigenvalue weighted by atomic mass is 32.1. The molecule has 6 rings (SSSR count). The summed E-state index contributed by atoms with van der Waals surface area (Å²) in [6.45, 7) is 8.18. The van der Waals surface area contributed by atoms with Crippen LogP contribution in [0.5, 0.6) is 0 Å². The van der Waals surface area contributed by atoms with Crippen LogP contribution in [0.1, 0.15) is 35.4 Å². The number of piperidine rings is 1. The van der Waals surface area contributed by atoms with Crippen molar-refractivity contribution in [2.45, 2.75) is 31.9 Å². The van der Waals surface area contributed by atoms with Gasteiger partial charge in [0.1, 0.15) is 5.82 Å². The number of hydrogen-bond donors (Lipinski definition) is 0. The van der Waals surface area contributed by atoms with Gasteiger partial charge in [-0.15, -0.1) is 0 Å². The van der Waals surface area contributed by atoms with E-state index in [-0.39, 0.29) is 5.82 Å². The van der Waals surface area contributed by atoms with Crippen molar-refractivity contribution in [2.24, 2.45) is 11.8 Å². The Kier molecular flexibility index (Phi) is 8.17. The molecule has 4 aromatic rings. The molecule has 2 aliphatic heterocycles. The molecule has 3 aromatic carbocycles. The summed E-state index contributed by atoms with van der Waals surface area (Å²) >= 11 is 1.82. The van der Waals surface area contributed by atoms with E-state index in [2.05, 4.69) is 69.1 Å². The van der Waals surface area contributed by atoms with E-state index in [0.29, 0.717) is 24.4 Å². The number of benzene rings is 3. The summed E-state index contributed by atoms with van der Waals surface area (Å²) in [7, 11) is 0. The average molecular weight is 529 g/mol. The molecule has 3 nitrogen and oxygen atoms in total. The molecule has 0 saturated carbocycles. The van der Waals surface area contributed by atoms with Crippen LogP contribution in [-0.4, -0.2) is 49.1 Å². The molecule has 2 saturated heterocycles. The summed E-state index contributed by atoms with van der Waals surface area (Å²) in [5.41, 5.74) is 3.97. The molecule has 0 spiro atoms. The van der Waals surface area contributed by atoms with Crippen molar-refractivity contribution in [1.29, 1.82) is 0 Å². The van der Waals surface area contributed by atoms with E-state index in [4.69, 9.17) is 4.74 Å². The van der Waals surface area contributed by atoms with E-state index in [1.54, 1.807) is 0 Å². The zero-order chi connectivity index (χ0) is 25.7. The van der Waals surface area contributed by atoms with Crippen LogP contribution >= 0.6 is 11.3 Å². The summed E-state index contributed by atoms with van der Waals surface area (Å²) in [6, 6.07) is 24.6. The lowest BCUT2D eigenvalue weighted by Gasteiger charge is -2.34. The second-order valence-corrected chi connectivity index (χ2v) is 12.0. The number of thiophene rings is 1. The number of rotatable bonds is 9. The first-order chi connectivity index (χ1) is 18.7. The van der Waals surface area contributed by atoms with E-state index in [1.807, 2.05) is 23.5 Å². The fourth-order valence-electron chi connectivity index (χ4n) is 6.33. The Morgan fingerprint density at radius 1 is 0.842 bits per heavy atom. The van der Waals surface area contributed by atoms with Gasteiger partial charge in [0, 0.05) is 38.7 Å². The van der Waals surface area contributed by atoms with Crippen LogP contribution in [0.25, 0.3) is 10.8 Å². The Morgan fingerprint density at radius 3 is 2.42 bits per heavy atom. The van der Waals surface area contributed by atoms with Gasteiger partial charge in [0.2, 0.25) is 0 Å². The first-order valence-corrected chi connectivity index (χ1v) is 14.9. The van der Waals surface area contributed by atoms with Gasteiger partial charge in [0.15, 0.2) is 0 Å². The predicted octanol–water partition coefficient (Wildman–Crippen LogP) is 7.18. The van der Waals surface area contributed by atoms with Crippen molar-refractivity contribution in [3.05, 3.63) is 106 Å². The van der Waals surface area contributed by atoms with E-state index in [1.165, 1.54) is 53.4 Å². The van der Waals surface area contributed by atoms with E-state index >= 15 is 0 Å². The monoisotopic (exact) mass is 528 g/mol. The molecule has 3 heterocycles. The molecule has 0 amide bonds. The maximum atomic E-state index is 13.1. The van der Waals surface area contributed by atoms with Gasteiger partial charge in [-0.2, -0.15) is 11.3 Å². The van der Waals surface area contributed by atoms with Gasteiger partial charge in [-0.25, -0.2) is 4.39 Å². The minimum absolute atomic E-state index is 0.193. The number of nitrogens with zero attached hydrogens (tertiary/aromatic N) is 2. The largest absolute Gasteiger partial charge is 0.376 e. The molecule has 0 bridgehead atoms. The molecule has 5 heteroatoms. The number of ether oxygens (including phenoxy) is 1. The molecular weight excluding hydrogens is 491 g/mol. The van der Waals surface area contributed by atoms with Gasteiger partial charge in [-0.05, 0) is 100 Å². The fourth-order valence-corrected chi connectivity index (χ4v) is 7.05. The fraction of sp³-hybridized carbons (Fsp3) is 0.394. The van der Waals surface area contributed by atoms with Crippen molar-refractivity contribution in [1.82, 2.24) is 9.80 Å². The van der Waals surface area contributed by atoms with Gasteiger partial charge in [-0.1, -0.05) is 48.5 Å². The summed E-state index contributed by atoms with van der Waals surface area (Å²) in [4.78, 5) is 5.37. The van der Waals surface area contributed by atoms with Crippen LogP contribution in [-0.2, 0) is 17.9 Å². The van der Waals surface area contributed by atoms with Crippen molar-refractivity contribution in [2.75, 3.05) is 39.3 Å². The lowest BCUT2D eigenvalue weighted by molar-refractivity contribution is 0.0542. The average Bonchev–Trinajstić information content (AvgIpc) is 3.61. The Bertz CT molecular complexity index is 1300. The van der Waals surface area contributed by atoms with E-state index in [0.717, 1.165) is 44.9 Å². The molecule has 0 aliphatic carbocycles. The Labute approximate surface area is 229 Å². The van der Waals surface area contributed by atoms with Gasteiger partial charge in [0.25, 0.3) is 0 Å². The van der Waals surface area contributed by atoms with Gasteiger partial charge in [-0.3, -0.25) is 4.90 Å². The zero-order valence-corrected chi connectivity index (χ0v) is 22.8. The summed E-state index contributed by atoms with van der Waals surface area (Å²) in [5.74, 6) is 1.70. The van der Waals surface area contributed by atoms with Crippen LogP contribution in [0.3, 0.4) is 0 Å². The SMILES string of the molecule is Fc1ccc(COCC2CCN(CC3CN(Cc4ccc5ccccc5c4)CC3c3ccsc3)CC2)cc1. The Hall–Kier alpha value is -2.57. The number of fused-ring (bicyclic) bond motifs is 1. The van der Waals surface area contributed by atoms with Crippen LogP contribution in [0, 0.1) is 17.7 Å². The predicted molar refractivity (Wildman–Crippen MR) is 155 cm³/mol. The van der Waals surface area contributed by atoms with Crippen LogP contribution < -0.4 is 0 Å². The molecule has 2 atom stereocenters. The molecule has 2 aliphatic rings. The maximum absolute atomic E-state index is 13.1. The normalized spacial score (nSPS) is 21.4. The number of halogens is 1. The molecule has 0 radical (unpaired) electrons. The van der Waals surface area contributed by atoms with E-state index in [9.17, 15) is 4.39 Å². The van der Waals surface area contributed by atoms with Crippen molar-refractivity contribution in [3.63, 3.8) is 0 Å². The molecule has 38 heavy (non-hydrogen) atoms. The summed E-state index contributed by atoms with van der Waals surface area (Å²) < 4.78 is 19.1. The lowest BCUT2D eigenvalue weighted by atomic mass is 9.89. The van der Waals surface area contributed by atoms with Gasteiger partial charge >= 0.3 is 0 Å². The maximum Gasteiger partial charge on any atom is 0.123 e. The number of hydrogen-bond acceptors (Lipinski definition) is 4. The second kappa shape index (κ2) is 12.1. The first kappa shape index (κ1) is 25.7. The van der Waals surface area contributed by atoms with Gasteiger partial charge < -0.3 is 9.64 Å². The lowest BCUT2D eigenvalue weighted by Crippen LogP contribution is -2.39. The highest BCUT2D eigenvalue weighted by molar-refractivity contribution is 7.08. The standard InChI is InChI=1S/C33H37FN2OS/c34-32-9-6-25(7-10-32)22-37-23-26-11-14-35(15-12-26)19-31-20-36(21-33(31)30-13-16-38-24-30)18-27-5-8-28-3-1-2-4-29(28)17-27/h1-10,13,16-17,24,26,31,33H,11-12,14-15,18-23H2. The minimum Gasteiger partial charge on any atom is -0.376 e. The third-order valence-corrected chi connectivity index (χ3v) is 9.14. The van der Waals surface area contributed by atoms with Crippen molar-refractivity contribution in [3.8, 4) is 0 Å². The van der Waals surface area contributed by atoms with Gasteiger partial charge in [0.05, 0.1) is 6.61 Å². The third kappa shape index (κ3) is 6.35. The Balaban J connectivity index is 1.02. The summed E-state index contributed by atoms with van der Waals surface area (Å²) in [6.07, 6.45) is 2.39. The van der Waals surface area contributed by atoms with Crippen LogP contribution in [0.2, 0.25) is 0 Å². The third-order valence-electron chi connectivity index (χ3n) is 8.44. The highest BCUT2D eigenvalue weighted by Crippen LogP contribution is 2.36. The zero-order valence-electron chi connectivity index (χ0n) is 22.0. The molecule has 2 unspecified atom stereocenters. The number of likely N-dealkylation sites (tertiary alicyclic amines) is 2. The van der Waals surface area contributed by atoms with Crippen molar-refractivity contribution < 1.29 is 9.13 Å². The topological polar surface area (TPSA) is 15.7 Å². The molecule has 2 fully saturated rings. The smallest absolute Gasteiger partial charge is 0.123 e. The van der Waals surface area contributed by atoms with Crippen LogP contribution in [0.4, 0.5) is 4.39 Å². The minimum atomic E-state index is -0.193. The second-order valence-electron chi connectivity index (χ2n) is 11.2. The highest BCUT2D eigenvalue weighted by Gasteiger charge is 2.35. The molecule has 198 valence electrons. The quantitative estimate of drug-likeness (QED) is 0.229. The summed E-state index contributed by atoms with van der Waals surface area (Å²) in [5, 5.41) is 7.24. The van der Waals surface area contributed by atoms with E-state index < -0.39 is 0 Å². The molecule has 1 aromatic heterocycles. The molecule has 0 N–H and O–H groups in total. The van der Waals surface area contributed by atoms with Crippen LogP contribution in [0.15, 0.2) is 83.6 Å². The molecular formula is C33H37FN2OS. The Morgan fingerprint density at radius 2 is 1.63 bits per heavy atom. The first-order valence-electron chi connectivity index (χ1n) is 14.0.